The van der Waals surface area contributed by atoms with Crippen LogP contribution in [-0.2, 0) is 33.8 Å². The molecule has 0 aromatic heterocycles. The molecule has 0 unspecified atom stereocenters. The molecule has 3 N–H and O–H groups in total. The summed E-state index contributed by atoms with van der Waals surface area (Å²) in [6.07, 6.45) is 3.59. The van der Waals surface area contributed by atoms with Gasteiger partial charge in [-0.2, -0.15) is 0 Å². The van der Waals surface area contributed by atoms with Gasteiger partial charge in [-0.05, 0) is 72.6 Å². The quantitative estimate of drug-likeness (QED) is 0.434. The Labute approximate surface area is 221 Å². The van der Waals surface area contributed by atoms with Crippen LogP contribution in [0.4, 0.5) is 4.39 Å². The topological polar surface area (TPSA) is 131 Å². The van der Waals surface area contributed by atoms with Crippen molar-refractivity contribution >= 4 is 21.7 Å². The van der Waals surface area contributed by atoms with Gasteiger partial charge in [-0.15, -0.1) is 0 Å². The smallest absolute Gasteiger partial charge is 0.255 e. The third-order valence-corrected chi connectivity index (χ3v) is 7.91. The normalized spacial score (nSPS) is 19.1. The van der Waals surface area contributed by atoms with Crippen LogP contribution >= 0.6 is 0 Å². The van der Waals surface area contributed by atoms with Gasteiger partial charge in [-0.3, -0.25) is 9.59 Å². The van der Waals surface area contributed by atoms with Gasteiger partial charge in [0.15, 0.2) is 0 Å². The molecule has 2 amide bonds. The number of halogens is 1. The summed E-state index contributed by atoms with van der Waals surface area (Å²) in [5.41, 5.74) is 3.74. The number of fused-ring (bicyclic) bond motifs is 1. The summed E-state index contributed by atoms with van der Waals surface area (Å²) in [7, 11) is -1.72. The lowest BCUT2D eigenvalue weighted by Crippen LogP contribution is -2.48. The number of sulfone groups is 1. The molecule has 1 heterocycles. The van der Waals surface area contributed by atoms with E-state index in [0.717, 1.165) is 42.2 Å². The second-order valence-electron chi connectivity index (χ2n) is 9.81. The first kappa shape index (κ1) is 28.0. The molecule has 1 aliphatic carbocycles. The monoisotopic (exact) mass is 548 g/mol. The lowest BCUT2D eigenvalue weighted by Gasteiger charge is -2.29. The van der Waals surface area contributed by atoms with Gasteiger partial charge < -0.3 is 25.2 Å². The van der Waals surface area contributed by atoms with Crippen molar-refractivity contribution in [3.8, 4) is 5.75 Å². The molecule has 1 fully saturated rings. The number of methoxy groups -OCH3 is 1. The lowest BCUT2D eigenvalue weighted by molar-refractivity contribution is -0.0261. The van der Waals surface area contributed by atoms with Gasteiger partial charge >= 0.3 is 0 Å². The largest absolute Gasteiger partial charge is 0.496 e. The molecule has 0 radical (unpaired) electrons. The van der Waals surface area contributed by atoms with Gasteiger partial charge in [0.2, 0.25) is 0 Å². The molecule has 2 aromatic carbocycles. The summed E-state index contributed by atoms with van der Waals surface area (Å²) in [5.74, 6) is -1.46. The zero-order valence-electron chi connectivity index (χ0n) is 21.5. The second-order valence-corrected chi connectivity index (χ2v) is 12.1. The fraction of sp³-hybridized carbons (Fsp3) is 0.481. The molecule has 0 saturated carbocycles. The van der Waals surface area contributed by atoms with E-state index < -0.39 is 33.7 Å². The summed E-state index contributed by atoms with van der Waals surface area (Å²) in [4.78, 5) is 25.6. The summed E-state index contributed by atoms with van der Waals surface area (Å²) in [6.45, 7) is 0.507. The highest BCUT2D eigenvalue weighted by atomic mass is 32.2. The highest BCUT2D eigenvalue weighted by Crippen LogP contribution is 2.37. The molecule has 2 aromatic rings. The van der Waals surface area contributed by atoms with E-state index in [1.165, 1.54) is 19.2 Å². The molecule has 9 nitrogen and oxygen atoms in total. The van der Waals surface area contributed by atoms with Crippen LogP contribution in [0, 0.1) is 5.82 Å². The van der Waals surface area contributed by atoms with E-state index in [-0.39, 0.29) is 30.4 Å². The van der Waals surface area contributed by atoms with E-state index in [2.05, 4.69) is 10.6 Å². The van der Waals surface area contributed by atoms with Crippen molar-refractivity contribution in [2.45, 2.75) is 44.2 Å². The molecule has 0 bridgehead atoms. The van der Waals surface area contributed by atoms with Gasteiger partial charge in [-0.25, -0.2) is 12.8 Å². The van der Waals surface area contributed by atoms with Crippen molar-refractivity contribution in [3.05, 3.63) is 63.5 Å². The Balaban J connectivity index is 1.56. The SMILES string of the molecule is COc1c(C(=O)N[C@H]2CCOC[C@@H]2O)cc(Cc2ccc(C(=O)NCCS(C)(=O)=O)c(F)c2)c2c1CCC2. The van der Waals surface area contributed by atoms with E-state index >= 15 is 0 Å². The maximum Gasteiger partial charge on any atom is 0.255 e. The van der Waals surface area contributed by atoms with Crippen LogP contribution in [0.1, 0.15) is 55.8 Å². The van der Waals surface area contributed by atoms with Crippen LogP contribution in [0.25, 0.3) is 0 Å². The number of aliphatic hydroxyl groups excluding tert-OH is 1. The molecule has 38 heavy (non-hydrogen) atoms. The average Bonchev–Trinajstić information content (AvgIpc) is 3.35. The molecular weight excluding hydrogens is 515 g/mol. The number of carbonyl (C=O) groups excluding carboxylic acids is 2. The number of carbonyl (C=O) groups is 2. The zero-order valence-corrected chi connectivity index (χ0v) is 22.3. The molecule has 206 valence electrons. The van der Waals surface area contributed by atoms with Crippen LogP contribution < -0.4 is 15.4 Å². The van der Waals surface area contributed by atoms with E-state index in [4.69, 9.17) is 9.47 Å². The number of aliphatic hydroxyl groups is 1. The van der Waals surface area contributed by atoms with E-state index in [1.807, 2.05) is 0 Å². The van der Waals surface area contributed by atoms with Crippen molar-refractivity contribution in [1.82, 2.24) is 10.6 Å². The van der Waals surface area contributed by atoms with Crippen LogP contribution in [0.15, 0.2) is 24.3 Å². The zero-order chi connectivity index (χ0) is 27.4. The molecule has 0 spiro atoms. The van der Waals surface area contributed by atoms with Gasteiger partial charge in [0, 0.05) is 19.4 Å². The fourth-order valence-electron chi connectivity index (χ4n) is 5.05. The molecular formula is C27H33FN2O7S. The summed E-state index contributed by atoms with van der Waals surface area (Å²) in [5, 5.41) is 15.5. The number of hydrogen-bond acceptors (Lipinski definition) is 7. The number of benzene rings is 2. The number of nitrogens with one attached hydrogen (secondary N) is 2. The second kappa shape index (κ2) is 11.8. The first-order valence-corrected chi connectivity index (χ1v) is 14.7. The van der Waals surface area contributed by atoms with Crippen molar-refractivity contribution in [1.29, 1.82) is 0 Å². The molecule has 2 aliphatic rings. The minimum Gasteiger partial charge on any atom is -0.496 e. The Bertz CT molecular complexity index is 1330. The van der Waals surface area contributed by atoms with Gasteiger partial charge in [0.25, 0.3) is 11.8 Å². The number of rotatable bonds is 9. The highest BCUT2D eigenvalue weighted by Gasteiger charge is 2.30. The van der Waals surface area contributed by atoms with Crippen molar-refractivity contribution < 1.29 is 37.0 Å². The Kier molecular flexibility index (Phi) is 8.69. The predicted molar refractivity (Wildman–Crippen MR) is 139 cm³/mol. The van der Waals surface area contributed by atoms with Crippen molar-refractivity contribution in [3.63, 3.8) is 0 Å². The molecule has 11 heteroatoms. The van der Waals surface area contributed by atoms with Crippen LogP contribution in [-0.4, -0.2) is 76.4 Å². The Hall–Kier alpha value is -3.02. The molecule has 4 rings (SSSR count). The van der Waals surface area contributed by atoms with E-state index in [1.54, 1.807) is 12.1 Å². The molecule has 2 atom stereocenters. The van der Waals surface area contributed by atoms with E-state index in [9.17, 15) is 27.5 Å². The minimum absolute atomic E-state index is 0.105. The summed E-state index contributed by atoms with van der Waals surface area (Å²) in [6, 6.07) is 5.66. The number of hydrogen-bond donors (Lipinski definition) is 3. The number of ether oxygens (including phenoxy) is 2. The highest BCUT2D eigenvalue weighted by molar-refractivity contribution is 7.90. The van der Waals surface area contributed by atoms with Gasteiger partial charge in [0.1, 0.15) is 21.4 Å². The van der Waals surface area contributed by atoms with Gasteiger partial charge in [0.05, 0.1) is 42.7 Å². The first-order valence-electron chi connectivity index (χ1n) is 12.6. The Morgan fingerprint density at radius 3 is 2.61 bits per heavy atom. The maximum absolute atomic E-state index is 14.9. The average molecular weight is 549 g/mol. The van der Waals surface area contributed by atoms with Crippen molar-refractivity contribution in [2.75, 3.05) is 38.9 Å². The third-order valence-electron chi connectivity index (χ3n) is 6.97. The molecule has 1 aliphatic heterocycles. The van der Waals surface area contributed by atoms with Crippen LogP contribution in [0.5, 0.6) is 5.75 Å². The standard InChI is InChI=1S/C27H33FN2O7S/c1-36-25-19-5-3-4-18(19)17(14-21(25)27(33)30-23-8-10-37-15-24(23)31)12-16-6-7-20(22(28)13-16)26(32)29-9-11-38(2,34)35/h6-7,13-14,23-24,31H,3-5,8-12,15H2,1-2H3,(H,29,32)(H,30,33)/t23-,24-/m0/s1. The Morgan fingerprint density at radius 1 is 1.16 bits per heavy atom. The molecule has 1 saturated heterocycles. The fourth-order valence-corrected chi connectivity index (χ4v) is 5.53. The minimum atomic E-state index is -3.25. The number of amides is 2. The third kappa shape index (κ3) is 6.51. The summed E-state index contributed by atoms with van der Waals surface area (Å²) >= 11 is 0. The van der Waals surface area contributed by atoms with Crippen LogP contribution in [0.2, 0.25) is 0 Å². The Morgan fingerprint density at radius 2 is 1.92 bits per heavy atom. The van der Waals surface area contributed by atoms with Crippen molar-refractivity contribution in [2.24, 2.45) is 0 Å². The van der Waals surface area contributed by atoms with Crippen LogP contribution in [0.3, 0.4) is 0 Å². The van der Waals surface area contributed by atoms with Gasteiger partial charge in [-0.1, -0.05) is 6.07 Å². The summed E-state index contributed by atoms with van der Waals surface area (Å²) < 4.78 is 48.3. The maximum atomic E-state index is 14.9. The predicted octanol–water partition coefficient (Wildman–Crippen LogP) is 1.57. The first-order chi connectivity index (χ1) is 18.1. The lowest BCUT2D eigenvalue weighted by atomic mass is 9.92. The van der Waals surface area contributed by atoms with E-state index in [0.29, 0.717) is 36.3 Å².